The van der Waals surface area contributed by atoms with Gasteiger partial charge in [0.15, 0.2) is 0 Å². The van der Waals surface area contributed by atoms with E-state index in [-0.39, 0.29) is 0 Å². The Labute approximate surface area is 124 Å². The van der Waals surface area contributed by atoms with Crippen LogP contribution in [-0.2, 0) is 6.42 Å². The lowest BCUT2D eigenvalue weighted by molar-refractivity contribution is 0.578. The number of rotatable bonds is 5. The van der Waals surface area contributed by atoms with Crippen molar-refractivity contribution in [2.24, 2.45) is 0 Å². The third-order valence-corrected chi connectivity index (χ3v) is 4.77. The van der Waals surface area contributed by atoms with Crippen LogP contribution in [0.1, 0.15) is 34.5 Å². The molecule has 0 spiro atoms. The fourth-order valence-corrected chi connectivity index (χ4v) is 3.14. The standard InChI is InChI=1S/C16H20ClNS/c1-11-4-5-14(10-12(11)2)13(3)18-9-8-15-6-7-16(17)19-15/h4-7,10,13,18H,8-9H2,1-3H3. The van der Waals surface area contributed by atoms with Crippen LogP contribution in [0.3, 0.4) is 0 Å². The lowest BCUT2D eigenvalue weighted by Crippen LogP contribution is -2.21. The molecule has 0 saturated heterocycles. The molecule has 1 nitrogen and oxygen atoms in total. The lowest BCUT2D eigenvalue weighted by atomic mass is 10.0. The smallest absolute Gasteiger partial charge is 0.0931 e. The van der Waals surface area contributed by atoms with Crippen LogP contribution in [-0.4, -0.2) is 6.54 Å². The van der Waals surface area contributed by atoms with Crippen molar-refractivity contribution in [1.29, 1.82) is 0 Å². The van der Waals surface area contributed by atoms with E-state index in [4.69, 9.17) is 11.6 Å². The number of hydrogen-bond donors (Lipinski definition) is 1. The molecule has 1 heterocycles. The largest absolute Gasteiger partial charge is 0.310 e. The maximum Gasteiger partial charge on any atom is 0.0931 e. The molecule has 102 valence electrons. The van der Waals surface area contributed by atoms with E-state index in [9.17, 15) is 0 Å². The first-order chi connectivity index (χ1) is 9.06. The molecule has 1 aromatic carbocycles. The van der Waals surface area contributed by atoms with Gasteiger partial charge in [-0.3, -0.25) is 0 Å². The first-order valence-electron chi connectivity index (χ1n) is 6.61. The van der Waals surface area contributed by atoms with Gasteiger partial charge in [0.05, 0.1) is 4.34 Å². The Bertz CT molecular complexity index is 547. The van der Waals surface area contributed by atoms with Crippen molar-refractivity contribution in [3.05, 3.63) is 56.2 Å². The molecule has 0 aliphatic carbocycles. The van der Waals surface area contributed by atoms with Gasteiger partial charge in [-0.2, -0.15) is 0 Å². The predicted octanol–water partition coefficient (Wildman–Crippen LogP) is 4.91. The second kappa shape index (κ2) is 6.56. The Kier molecular flexibility index (Phi) is 5.03. The summed E-state index contributed by atoms with van der Waals surface area (Å²) in [6.45, 7) is 7.51. The molecule has 0 radical (unpaired) electrons. The molecule has 0 aliphatic heterocycles. The van der Waals surface area contributed by atoms with Crippen LogP contribution in [0.2, 0.25) is 4.34 Å². The summed E-state index contributed by atoms with van der Waals surface area (Å²) in [5.41, 5.74) is 4.06. The summed E-state index contributed by atoms with van der Waals surface area (Å²) in [5.74, 6) is 0. The second-order valence-electron chi connectivity index (χ2n) is 4.98. The van der Waals surface area contributed by atoms with Crippen molar-refractivity contribution in [3.63, 3.8) is 0 Å². The molecule has 0 bridgehead atoms. The Morgan fingerprint density at radius 3 is 2.58 bits per heavy atom. The normalized spacial score (nSPS) is 12.6. The van der Waals surface area contributed by atoms with Gasteiger partial charge in [0.25, 0.3) is 0 Å². The zero-order valence-electron chi connectivity index (χ0n) is 11.7. The molecule has 3 heteroatoms. The van der Waals surface area contributed by atoms with Crippen LogP contribution in [0.15, 0.2) is 30.3 Å². The van der Waals surface area contributed by atoms with Crippen LogP contribution in [0.4, 0.5) is 0 Å². The minimum Gasteiger partial charge on any atom is -0.310 e. The maximum absolute atomic E-state index is 5.93. The number of nitrogens with one attached hydrogen (secondary N) is 1. The summed E-state index contributed by atoms with van der Waals surface area (Å²) in [4.78, 5) is 1.34. The average molecular weight is 294 g/mol. The van der Waals surface area contributed by atoms with E-state index in [1.807, 2.05) is 6.07 Å². The topological polar surface area (TPSA) is 12.0 Å². The predicted molar refractivity (Wildman–Crippen MR) is 85.4 cm³/mol. The summed E-state index contributed by atoms with van der Waals surface area (Å²) >= 11 is 7.59. The zero-order chi connectivity index (χ0) is 13.8. The molecule has 0 amide bonds. The Hall–Kier alpha value is -0.830. The summed E-state index contributed by atoms with van der Waals surface area (Å²) in [6, 6.07) is 11.1. The highest BCUT2D eigenvalue weighted by Gasteiger charge is 2.06. The summed E-state index contributed by atoms with van der Waals surface area (Å²) in [7, 11) is 0. The molecule has 1 unspecified atom stereocenters. The van der Waals surface area contributed by atoms with E-state index in [0.29, 0.717) is 6.04 Å². The molecule has 1 atom stereocenters. The first-order valence-corrected chi connectivity index (χ1v) is 7.80. The summed E-state index contributed by atoms with van der Waals surface area (Å²) in [5, 5.41) is 3.57. The van der Waals surface area contributed by atoms with Crippen molar-refractivity contribution < 1.29 is 0 Å². The SMILES string of the molecule is Cc1ccc(C(C)NCCc2ccc(Cl)s2)cc1C. The van der Waals surface area contributed by atoms with Crippen molar-refractivity contribution in [1.82, 2.24) is 5.32 Å². The highest BCUT2D eigenvalue weighted by molar-refractivity contribution is 7.16. The van der Waals surface area contributed by atoms with Crippen LogP contribution in [0, 0.1) is 13.8 Å². The van der Waals surface area contributed by atoms with Crippen LogP contribution in [0.5, 0.6) is 0 Å². The highest BCUT2D eigenvalue weighted by Crippen LogP contribution is 2.22. The van der Waals surface area contributed by atoms with Crippen LogP contribution >= 0.6 is 22.9 Å². The number of hydrogen-bond acceptors (Lipinski definition) is 2. The molecule has 0 aliphatic rings. The van der Waals surface area contributed by atoms with Crippen molar-refractivity contribution in [2.75, 3.05) is 6.54 Å². The minimum atomic E-state index is 0.384. The van der Waals surface area contributed by atoms with Crippen molar-refractivity contribution in [2.45, 2.75) is 33.2 Å². The van der Waals surface area contributed by atoms with Gasteiger partial charge >= 0.3 is 0 Å². The fourth-order valence-electron chi connectivity index (χ4n) is 2.05. The van der Waals surface area contributed by atoms with E-state index in [1.54, 1.807) is 11.3 Å². The summed E-state index contributed by atoms with van der Waals surface area (Å²) < 4.78 is 0.872. The minimum absolute atomic E-state index is 0.384. The Balaban J connectivity index is 1.86. The number of halogens is 1. The van der Waals surface area contributed by atoms with Gasteiger partial charge in [-0.25, -0.2) is 0 Å². The molecule has 1 N–H and O–H groups in total. The van der Waals surface area contributed by atoms with Gasteiger partial charge in [0.2, 0.25) is 0 Å². The van der Waals surface area contributed by atoms with Gasteiger partial charge in [0, 0.05) is 17.5 Å². The van der Waals surface area contributed by atoms with Crippen molar-refractivity contribution >= 4 is 22.9 Å². The molecular formula is C16H20ClNS. The molecule has 0 fully saturated rings. The Morgan fingerprint density at radius 1 is 1.16 bits per heavy atom. The number of benzene rings is 1. The quantitative estimate of drug-likeness (QED) is 0.826. The molecule has 1 aromatic heterocycles. The molecule has 2 rings (SSSR count). The van der Waals surface area contributed by atoms with Crippen molar-refractivity contribution in [3.8, 4) is 0 Å². The maximum atomic E-state index is 5.93. The molecule has 0 saturated carbocycles. The fraction of sp³-hybridized carbons (Fsp3) is 0.375. The van der Waals surface area contributed by atoms with Gasteiger partial charge in [-0.05, 0) is 56.0 Å². The third kappa shape index (κ3) is 4.07. The first kappa shape index (κ1) is 14.6. The van der Waals surface area contributed by atoms with E-state index < -0.39 is 0 Å². The second-order valence-corrected chi connectivity index (χ2v) is 6.77. The third-order valence-electron chi connectivity index (χ3n) is 3.48. The summed E-state index contributed by atoms with van der Waals surface area (Å²) in [6.07, 6.45) is 1.03. The molecule has 2 aromatic rings. The van der Waals surface area contributed by atoms with Gasteiger partial charge < -0.3 is 5.32 Å². The monoisotopic (exact) mass is 293 g/mol. The van der Waals surface area contributed by atoms with Gasteiger partial charge in [-0.15, -0.1) is 11.3 Å². The van der Waals surface area contributed by atoms with Gasteiger partial charge in [0.1, 0.15) is 0 Å². The van der Waals surface area contributed by atoms with E-state index in [0.717, 1.165) is 17.3 Å². The zero-order valence-corrected chi connectivity index (χ0v) is 13.2. The molecular weight excluding hydrogens is 274 g/mol. The van der Waals surface area contributed by atoms with Gasteiger partial charge in [-0.1, -0.05) is 29.8 Å². The Morgan fingerprint density at radius 2 is 1.95 bits per heavy atom. The van der Waals surface area contributed by atoms with Crippen LogP contribution < -0.4 is 5.32 Å². The number of aryl methyl sites for hydroxylation is 2. The molecule has 19 heavy (non-hydrogen) atoms. The van der Waals surface area contributed by atoms with E-state index >= 15 is 0 Å². The number of thiophene rings is 1. The average Bonchev–Trinajstić information content (AvgIpc) is 2.78. The highest BCUT2D eigenvalue weighted by atomic mass is 35.5. The van der Waals surface area contributed by atoms with E-state index in [1.165, 1.54) is 21.6 Å². The van der Waals surface area contributed by atoms with E-state index in [2.05, 4.69) is 50.4 Å². The van der Waals surface area contributed by atoms with Crippen LogP contribution in [0.25, 0.3) is 0 Å². The lowest BCUT2D eigenvalue weighted by Gasteiger charge is -2.15.